The first-order valence-corrected chi connectivity index (χ1v) is 7.12. The summed E-state index contributed by atoms with van der Waals surface area (Å²) >= 11 is 9.36. The predicted octanol–water partition coefficient (Wildman–Crippen LogP) is 2.95. The Morgan fingerprint density at radius 1 is 1.33 bits per heavy atom. The monoisotopic (exact) mass is 329 g/mol. The average molecular weight is 331 g/mol. The van der Waals surface area contributed by atoms with Crippen molar-refractivity contribution in [3.8, 4) is 5.75 Å². The second kappa shape index (κ2) is 6.75. The molecule has 96 valence electrons. The van der Waals surface area contributed by atoms with Gasteiger partial charge >= 0.3 is 0 Å². The van der Waals surface area contributed by atoms with Crippen LogP contribution in [0.25, 0.3) is 0 Å². The third-order valence-corrected chi connectivity index (χ3v) is 3.06. The van der Waals surface area contributed by atoms with Gasteiger partial charge < -0.3 is 4.74 Å². The van der Waals surface area contributed by atoms with Gasteiger partial charge in [-0.3, -0.25) is 0 Å². The highest BCUT2D eigenvalue weighted by molar-refractivity contribution is 9.09. The van der Waals surface area contributed by atoms with Crippen LogP contribution in [0.4, 0.5) is 0 Å². The first-order chi connectivity index (χ1) is 8.79. The van der Waals surface area contributed by atoms with E-state index in [0.29, 0.717) is 23.9 Å². The number of benzene rings is 1. The molecule has 0 unspecified atom stereocenters. The van der Waals surface area contributed by atoms with Crippen LogP contribution in [0.5, 0.6) is 5.75 Å². The molecule has 0 radical (unpaired) electrons. The lowest BCUT2D eigenvalue weighted by atomic mass is 10.3. The Morgan fingerprint density at radius 3 is 2.94 bits per heavy atom. The molecule has 0 saturated heterocycles. The van der Waals surface area contributed by atoms with Gasteiger partial charge in [0.15, 0.2) is 0 Å². The van der Waals surface area contributed by atoms with Gasteiger partial charge in [-0.2, -0.15) is 0 Å². The first-order valence-electron chi connectivity index (χ1n) is 5.62. The van der Waals surface area contributed by atoms with Crippen molar-refractivity contribution in [1.29, 1.82) is 0 Å². The number of rotatable bonds is 6. The maximum atomic E-state index is 5.99. The molecule has 0 atom stereocenters. The van der Waals surface area contributed by atoms with Crippen LogP contribution >= 0.6 is 27.5 Å². The van der Waals surface area contributed by atoms with Crippen molar-refractivity contribution in [2.24, 2.45) is 0 Å². The van der Waals surface area contributed by atoms with Crippen LogP contribution in [0.2, 0.25) is 5.02 Å². The van der Waals surface area contributed by atoms with E-state index in [1.807, 2.05) is 24.4 Å². The van der Waals surface area contributed by atoms with Crippen molar-refractivity contribution in [1.82, 2.24) is 15.0 Å². The Hall–Kier alpha value is -1.07. The molecule has 4 nitrogen and oxygen atoms in total. The number of hydrogen-bond acceptors (Lipinski definition) is 3. The van der Waals surface area contributed by atoms with E-state index in [2.05, 4.69) is 26.2 Å². The van der Waals surface area contributed by atoms with Gasteiger partial charge in [-0.1, -0.05) is 44.9 Å². The molecule has 0 N–H and O–H groups in total. The van der Waals surface area contributed by atoms with Gasteiger partial charge in [-0.15, -0.1) is 5.10 Å². The van der Waals surface area contributed by atoms with Crippen LogP contribution in [0.3, 0.4) is 0 Å². The molecular weight excluding hydrogens is 318 g/mol. The van der Waals surface area contributed by atoms with E-state index >= 15 is 0 Å². The van der Waals surface area contributed by atoms with Crippen molar-refractivity contribution >= 4 is 27.5 Å². The zero-order chi connectivity index (χ0) is 12.8. The minimum absolute atomic E-state index is 0.515. The summed E-state index contributed by atoms with van der Waals surface area (Å²) in [5.41, 5.74) is 0.976. The quantitative estimate of drug-likeness (QED) is 0.765. The van der Waals surface area contributed by atoms with E-state index in [1.165, 1.54) is 0 Å². The van der Waals surface area contributed by atoms with E-state index in [0.717, 1.165) is 17.4 Å². The highest BCUT2D eigenvalue weighted by Crippen LogP contribution is 2.22. The van der Waals surface area contributed by atoms with Crippen molar-refractivity contribution < 1.29 is 4.74 Å². The molecular formula is C12H13BrClN3O. The van der Waals surface area contributed by atoms with Gasteiger partial charge in [0.2, 0.25) is 0 Å². The summed E-state index contributed by atoms with van der Waals surface area (Å²) in [6.07, 6.45) is 2.81. The second-order valence-corrected chi connectivity index (χ2v) is 4.89. The van der Waals surface area contributed by atoms with E-state index in [9.17, 15) is 0 Å². The van der Waals surface area contributed by atoms with Crippen molar-refractivity contribution in [2.75, 3.05) is 11.9 Å². The van der Waals surface area contributed by atoms with E-state index in [1.54, 1.807) is 10.7 Å². The molecule has 2 rings (SSSR count). The minimum atomic E-state index is 0.515. The first kappa shape index (κ1) is 13.4. The van der Waals surface area contributed by atoms with Gasteiger partial charge in [0.25, 0.3) is 0 Å². The number of ether oxygens (including phenoxy) is 1. The lowest BCUT2D eigenvalue weighted by Crippen LogP contribution is -2.08. The molecule has 0 aliphatic heterocycles. The highest BCUT2D eigenvalue weighted by Gasteiger charge is 2.02. The van der Waals surface area contributed by atoms with Crippen LogP contribution in [0.15, 0.2) is 30.5 Å². The van der Waals surface area contributed by atoms with Crippen LogP contribution in [-0.2, 0) is 13.0 Å². The minimum Gasteiger partial charge on any atom is -0.490 e. The van der Waals surface area contributed by atoms with Gasteiger partial charge in [-0.05, 0) is 12.1 Å². The third-order valence-electron chi connectivity index (χ3n) is 2.35. The molecule has 0 bridgehead atoms. The number of para-hydroxylation sites is 1. The maximum Gasteiger partial charge on any atom is 0.137 e. The second-order valence-electron chi connectivity index (χ2n) is 3.69. The molecule has 2 aromatic rings. The number of alkyl halides is 1. The molecule has 0 spiro atoms. The van der Waals surface area contributed by atoms with Gasteiger partial charge in [0, 0.05) is 17.9 Å². The summed E-state index contributed by atoms with van der Waals surface area (Å²) in [5.74, 6) is 0.694. The summed E-state index contributed by atoms with van der Waals surface area (Å²) in [6.45, 7) is 1.17. The topological polar surface area (TPSA) is 39.9 Å². The molecule has 1 heterocycles. The van der Waals surface area contributed by atoms with E-state index in [-0.39, 0.29) is 0 Å². The van der Waals surface area contributed by atoms with Crippen LogP contribution in [0.1, 0.15) is 5.69 Å². The fourth-order valence-corrected chi connectivity index (χ4v) is 2.07. The SMILES string of the molecule is Clc1ccccc1OCCn1cc(CCBr)nn1. The summed E-state index contributed by atoms with van der Waals surface area (Å²) in [5, 5.41) is 9.58. The summed E-state index contributed by atoms with van der Waals surface area (Å²) in [4.78, 5) is 0. The van der Waals surface area contributed by atoms with Gasteiger partial charge in [0.1, 0.15) is 12.4 Å². The Labute approximate surface area is 119 Å². The molecule has 0 aliphatic rings. The van der Waals surface area contributed by atoms with E-state index < -0.39 is 0 Å². The normalized spacial score (nSPS) is 10.6. The Bertz CT molecular complexity index is 504. The largest absolute Gasteiger partial charge is 0.490 e. The summed E-state index contributed by atoms with van der Waals surface area (Å²) in [6, 6.07) is 7.42. The fraction of sp³-hybridized carbons (Fsp3) is 0.333. The lowest BCUT2D eigenvalue weighted by molar-refractivity contribution is 0.290. The zero-order valence-corrected chi connectivity index (χ0v) is 12.1. The van der Waals surface area contributed by atoms with Crippen molar-refractivity contribution in [2.45, 2.75) is 13.0 Å². The van der Waals surface area contributed by atoms with Gasteiger partial charge in [-0.25, -0.2) is 4.68 Å². The number of aryl methyl sites for hydroxylation is 1. The van der Waals surface area contributed by atoms with Crippen LogP contribution < -0.4 is 4.74 Å². The van der Waals surface area contributed by atoms with Gasteiger partial charge in [0.05, 0.1) is 17.3 Å². The summed E-state index contributed by atoms with van der Waals surface area (Å²) in [7, 11) is 0. The average Bonchev–Trinajstić information content (AvgIpc) is 2.80. The number of nitrogens with zero attached hydrogens (tertiary/aromatic N) is 3. The Morgan fingerprint density at radius 2 is 2.17 bits per heavy atom. The standard InChI is InChI=1S/C12H13BrClN3O/c13-6-5-10-9-17(16-15-10)7-8-18-12-4-2-1-3-11(12)14/h1-4,9H,5-8H2. The molecule has 0 fully saturated rings. The predicted molar refractivity (Wildman–Crippen MR) is 74.5 cm³/mol. The number of aromatic nitrogens is 3. The lowest BCUT2D eigenvalue weighted by Gasteiger charge is -2.07. The molecule has 1 aromatic heterocycles. The maximum absolute atomic E-state index is 5.99. The number of halogens is 2. The van der Waals surface area contributed by atoms with E-state index in [4.69, 9.17) is 16.3 Å². The molecule has 0 aliphatic carbocycles. The molecule has 0 amide bonds. The smallest absolute Gasteiger partial charge is 0.137 e. The van der Waals surface area contributed by atoms with Crippen molar-refractivity contribution in [3.63, 3.8) is 0 Å². The Kier molecular flexibility index (Phi) is 5.01. The molecule has 1 aromatic carbocycles. The van der Waals surface area contributed by atoms with Crippen molar-refractivity contribution in [3.05, 3.63) is 41.2 Å². The third kappa shape index (κ3) is 3.71. The highest BCUT2D eigenvalue weighted by atomic mass is 79.9. The molecule has 0 saturated carbocycles. The summed E-state index contributed by atoms with van der Waals surface area (Å²) < 4.78 is 7.35. The number of hydrogen-bond donors (Lipinski definition) is 0. The fourth-order valence-electron chi connectivity index (χ4n) is 1.47. The zero-order valence-electron chi connectivity index (χ0n) is 9.72. The van der Waals surface area contributed by atoms with Crippen LogP contribution in [-0.4, -0.2) is 26.9 Å². The molecule has 6 heteroatoms. The Balaban J connectivity index is 1.83. The molecule has 18 heavy (non-hydrogen) atoms. The van der Waals surface area contributed by atoms with Crippen LogP contribution in [0, 0.1) is 0 Å².